The van der Waals surface area contributed by atoms with Crippen molar-refractivity contribution in [3.05, 3.63) is 0 Å². The van der Waals surface area contributed by atoms with Crippen molar-refractivity contribution in [3.8, 4) is 0 Å². The maximum Gasteiger partial charge on any atom is 0.0707 e. The second kappa shape index (κ2) is 8.86. The summed E-state index contributed by atoms with van der Waals surface area (Å²) in [4.78, 5) is 0. The Labute approximate surface area is 112 Å². The van der Waals surface area contributed by atoms with Gasteiger partial charge in [0.05, 0.1) is 50.8 Å². The maximum absolute atomic E-state index is 5.53. The zero-order valence-corrected chi connectivity index (χ0v) is 12.9. The third-order valence-corrected chi connectivity index (χ3v) is 1.90. The first-order chi connectivity index (χ1) is 8.21. The van der Waals surface area contributed by atoms with Crippen LogP contribution in [0.15, 0.2) is 0 Å². The van der Waals surface area contributed by atoms with Gasteiger partial charge in [-0.15, -0.1) is 0 Å². The summed E-state index contributed by atoms with van der Waals surface area (Å²) in [5, 5.41) is 0. The lowest BCUT2D eigenvalue weighted by Gasteiger charge is -2.19. The molecule has 0 amide bonds. The third kappa shape index (κ3) is 15.8. The highest BCUT2D eigenvalue weighted by molar-refractivity contribution is 4.58. The molecule has 0 unspecified atom stereocenters. The van der Waals surface area contributed by atoms with E-state index in [-0.39, 0.29) is 11.2 Å². The second-order valence-electron chi connectivity index (χ2n) is 6.15. The molecular formula is C14H30O4. The molecule has 0 aromatic heterocycles. The summed E-state index contributed by atoms with van der Waals surface area (Å²) in [6.07, 6.45) is 0. The average Bonchev–Trinajstić information content (AvgIpc) is 2.17. The lowest BCUT2D eigenvalue weighted by atomic mass is 10.2. The molecule has 4 heteroatoms. The fourth-order valence-corrected chi connectivity index (χ4v) is 1.14. The smallest absolute Gasteiger partial charge is 0.0707 e. The molecule has 0 bridgehead atoms. The molecule has 4 nitrogen and oxygen atoms in total. The Hall–Kier alpha value is -0.160. The van der Waals surface area contributed by atoms with E-state index in [2.05, 4.69) is 0 Å². The van der Waals surface area contributed by atoms with E-state index in [0.29, 0.717) is 39.6 Å². The van der Waals surface area contributed by atoms with E-state index in [1.165, 1.54) is 0 Å². The first kappa shape index (κ1) is 17.8. The molecule has 0 aliphatic rings. The Bertz CT molecular complexity index is 169. The van der Waals surface area contributed by atoms with Crippen molar-refractivity contribution < 1.29 is 18.9 Å². The number of ether oxygens (including phenoxy) is 4. The Kier molecular flexibility index (Phi) is 8.78. The summed E-state index contributed by atoms with van der Waals surface area (Å²) >= 11 is 0. The summed E-state index contributed by atoms with van der Waals surface area (Å²) in [6, 6.07) is 0. The van der Waals surface area contributed by atoms with Crippen molar-refractivity contribution in [3.63, 3.8) is 0 Å². The molecule has 0 N–H and O–H groups in total. The Balaban J connectivity index is 3.13. The molecule has 0 spiro atoms. The van der Waals surface area contributed by atoms with Gasteiger partial charge in [-0.2, -0.15) is 0 Å². The lowest BCUT2D eigenvalue weighted by molar-refractivity contribution is -0.0561. The first-order valence-corrected chi connectivity index (χ1v) is 6.64. The van der Waals surface area contributed by atoms with Crippen molar-refractivity contribution >= 4 is 0 Å². The van der Waals surface area contributed by atoms with Gasteiger partial charge in [-0.3, -0.25) is 0 Å². The van der Waals surface area contributed by atoms with E-state index in [4.69, 9.17) is 18.9 Å². The molecule has 0 rings (SSSR count). The van der Waals surface area contributed by atoms with Gasteiger partial charge in [0.15, 0.2) is 0 Å². The Morgan fingerprint density at radius 3 is 1.06 bits per heavy atom. The molecule has 0 fully saturated rings. The maximum atomic E-state index is 5.53. The first-order valence-electron chi connectivity index (χ1n) is 6.64. The molecule has 0 aliphatic carbocycles. The fourth-order valence-electron chi connectivity index (χ4n) is 1.14. The van der Waals surface area contributed by atoms with Gasteiger partial charge in [0, 0.05) is 0 Å². The average molecular weight is 262 g/mol. The van der Waals surface area contributed by atoms with E-state index in [0.717, 1.165) is 0 Å². The van der Waals surface area contributed by atoms with Gasteiger partial charge < -0.3 is 18.9 Å². The van der Waals surface area contributed by atoms with Crippen LogP contribution in [0.2, 0.25) is 0 Å². The summed E-state index contributed by atoms with van der Waals surface area (Å²) in [5.41, 5.74) is -0.186. The molecule has 0 saturated heterocycles. The summed E-state index contributed by atoms with van der Waals surface area (Å²) in [6.45, 7) is 15.9. The van der Waals surface area contributed by atoms with Crippen molar-refractivity contribution in [2.24, 2.45) is 0 Å². The minimum Gasteiger partial charge on any atom is -0.377 e. The molecule has 0 radical (unpaired) electrons. The highest BCUT2D eigenvalue weighted by atomic mass is 16.6. The van der Waals surface area contributed by atoms with Crippen LogP contribution >= 0.6 is 0 Å². The Morgan fingerprint density at radius 2 is 0.778 bits per heavy atom. The van der Waals surface area contributed by atoms with Crippen molar-refractivity contribution in [2.75, 3.05) is 39.6 Å². The summed E-state index contributed by atoms with van der Waals surface area (Å²) < 4.78 is 21.8. The van der Waals surface area contributed by atoms with Crippen LogP contribution in [0.25, 0.3) is 0 Å². The van der Waals surface area contributed by atoms with Gasteiger partial charge >= 0.3 is 0 Å². The molecule has 0 atom stereocenters. The normalized spacial score (nSPS) is 13.0. The monoisotopic (exact) mass is 262 g/mol. The zero-order chi connectivity index (χ0) is 14.1. The van der Waals surface area contributed by atoms with Gasteiger partial charge in [-0.05, 0) is 41.5 Å². The van der Waals surface area contributed by atoms with Crippen LogP contribution in [0.1, 0.15) is 41.5 Å². The largest absolute Gasteiger partial charge is 0.377 e. The molecule has 0 heterocycles. The highest BCUT2D eigenvalue weighted by Gasteiger charge is 2.09. The number of hydrogen-bond donors (Lipinski definition) is 0. The number of hydrogen-bond acceptors (Lipinski definition) is 4. The van der Waals surface area contributed by atoms with Crippen LogP contribution in [-0.2, 0) is 18.9 Å². The molecule has 0 aromatic rings. The van der Waals surface area contributed by atoms with Gasteiger partial charge in [0.1, 0.15) is 0 Å². The van der Waals surface area contributed by atoms with E-state index in [1.54, 1.807) is 0 Å². The second-order valence-corrected chi connectivity index (χ2v) is 6.15. The van der Waals surface area contributed by atoms with Gasteiger partial charge in [-0.25, -0.2) is 0 Å². The molecule has 0 saturated carbocycles. The van der Waals surface area contributed by atoms with Crippen molar-refractivity contribution in [1.82, 2.24) is 0 Å². The standard InChI is InChI=1S/C14H30O4/c1-13(2,3)17-11-9-15-7-8-16-10-12-18-14(4,5)6/h7-12H2,1-6H3. The highest BCUT2D eigenvalue weighted by Crippen LogP contribution is 2.06. The topological polar surface area (TPSA) is 36.9 Å². The summed E-state index contributed by atoms with van der Waals surface area (Å²) in [5.74, 6) is 0. The van der Waals surface area contributed by atoms with Gasteiger partial charge in [0.25, 0.3) is 0 Å². The molecular weight excluding hydrogens is 232 g/mol. The molecule has 0 aromatic carbocycles. The zero-order valence-electron chi connectivity index (χ0n) is 12.9. The van der Waals surface area contributed by atoms with Gasteiger partial charge in [-0.1, -0.05) is 0 Å². The van der Waals surface area contributed by atoms with Crippen LogP contribution in [0.4, 0.5) is 0 Å². The van der Waals surface area contributed by atoms with E-state index < -0.39 is 0 Å². The lowest BCUT2D eigenvalue weighted by Crippen LogP contribution is -2.23. The third-order valence-electron chi connectivity index (χ3n) is 1.90. The van der Waals surface area contributed by atoms with Crippen LogP contribution in [0.3, 0.4) is 0 Å². The van der Waals surface area contributed by atoms with Crippen LogP contribution in [0.5, 0.6) is 0 Å². The van der Waals surface area contributed by atoms with Crippen LogP contribution < -0.4 is 0 Å². The summed E-state index contributed by atoms with van der Waals surface area (Å²) in [7, 11) is 0. The van der Waals surface area contributed by atoms with E-state index in [9.17, 15) is 0 Å². The van der Waals surface area contributed by atoms with E-state index >= 15 is 0 Å². The molecule has 0 aliphatic heterocycles. The van der Waals surface area contributed by atoms with Gasteiger partial charge in [0.2, 0.25) is 0 Å². The van der Waals surface area contributed by atoms with Crippen molar-refractivity contribution in [2.45, 2.75) is 52.7 Å². The minimum absolute atomic E-state index is 0.0931. The Morgan fingerprint density at radius 1 is 0.500 bits per heavy atom. The SMILES string of the molecule is CC(C)(C)OCCOCCOCCOC(C)(C)C. The predicted molar refractivity (Wildman–Crippen MR) is 73.0 cm³/mol. The fraction of sp³-hybridized carbons (Fsp3) is 1.00. The quantitative estimate of drug-likeness (QED) is 0.599. The predicted octanol–water partition coefficient (Wildman–Crippen LogP) is 2.65. The molecule has 110 valence electrons. The number of rotatable bonds is 9. The van der Waals surface area contributed by atoms with Crippen LogP contribution in [0, 0.1) is 0 Å². The molecule has 18 heavy (non-hydrogen) atoms. The van der Waals surface area contributed by atoms with E-state index in [1.807, 2.05) is 41.5 Å². The minimum atomic E-state index is -0.0931. The van der Waals surface area contributed by atoms with Crippen LogP contribution in [-0.4, -0.2) is 50.8 Å². The van der Waals surface area contributed by atoms with Crippen molar-refractivity contribution in [1.29, 1.82) is 0 Å².